The number of hydrogen-bond acceptors (Lipinski definition) is 5. The number of hydrogen-bond donors (Lipinski definition) is 1. The maximum Gasteiger partial charge on any atom is 0.272 e. The van der Waals surface area contributed by atoms with Crippen LogP contribution in [-0.2, 0) is 0 Å². The molecule has 0 saturated carbocycles. The zero-order chi connectivity index (χ0) is 23.6. The number of Topliss-reactive ketones (excluding diaryl/α,β-unsaturated/α-hetero) is 1. The molecule has 0 amide bonds. The van der Waals surface area contributed by atoms with Crippen LogP contribution in [0.5, 0.6) is 11.6 Å². The number of carbonyl (C=O) groups excluding carboxylic acids is 1. The van der Waals surface area contributed by atoms with Gasteiger partial charge in [0.15, 0.2) is 6.61 Å². The largest absolute Gasteiger partial charge is 0.494 e. The first kappa shape index (κ1) is 23.1. The third-order valence-electron chi connectivity index (χ3n) is 5.47. The second kappa shape index (κ2) is 9.29. The molecule has 1 atom stereocenters. The van der Waals surface area contributed by atoms with Gasteiger partial charge in [0, 0.05) is 5.02 Å². The van der Waals surface area contributed by atoms with Crippen LogP contribution in [0.4, 0.5) is 0 Å². The monoisotopic (exact) mass is 450 g/mol. The van der Waals surface area contributed by atoms with Crippen molar-refractivity contribution in [2.75, 3.05) is 6.61 Å². The molecule has 0 aliphatic rings. The number of aromatic hydroxyl groups is 1. The van der Waals surface area contributed by atoms with E-state index in [-0.39, 0.29) is 23.3 Å². The number of rotatable bonds is 6. The van der Waals surface area contributed by atoms with E-state index in [0.29, 0.717) is 10.8 Å². The molecule has 0 spiro atoms. The molecule has 6 nitrogen and oxygen atoms in total. The van der Waals surface area contributed by atoms with Crippen LogP contribution >= 0.6 is 11.6 Å². The smallest absolute Gasteiger partial charge is 0.272 e. The van der Waals surface area contributed by atoms with E-state index in [1.807, 2.05) is 38.1 Å². The van der Waals surface area contributed by atoms with Crippen molar-refractivity contribution in [1.82, 2.24) is 4.57 Å². The first-order chi connectivity index (χ1) is 15.2. The molecule has 32 heavy (non-hydrogen) atoms. The number of carbonyl (C=O) groups is 1. The molecule has 164 valence electrons. The molecule has 3 rings (SSSR count). The van der Waals surface area contributed by atoms with Gasteiger partial charge in [0.25, 0.3) is 5.56 Å². The molecule has 1 N–H and O–H groups in total. The first-order valence-electron chi connectivity index (χ1n) is 10.0. The number of halogens is 1. The molecule has 1 aromatic heterocycles. The van der Waals surface area contributed by atoms with Crippen molar-refractivity contribution in [2.45, 2.75) is 33.7 Å². The average Bonchev–Trinajstić information content (AvgIpc) is 2.76. The number of aryl methyl sites for hydroxylation is 2. The van der Waals surface area contributed by atoms with Crippen LogP contribution in [0, 0.1) is 32.1 Å². The molecule has 0 radical (unpaired) electrons. The van der Waals surface area contributed by atoms with Crippen LogP contribution in [0.2, 0.25) is 5.02 Å². The Morgan fingerprint density at radius 2 is 1.78 bits per heavy atom. The maximum absolute atomic E-state index is 13.1. The summed E-state index contributed by atoms with van der Waals surface area (Å²) in [7, 11) is 0. The van der Waals surface area contributed by atoms with E-state index >= 15 is 0 Å². The zero-order valence-electron chi connectivity index (χ0n) is 18.3. The molecule has 2 aromatic carbocycles. The summed E-state index contributed by atoms with van der Waals surface area (Å²) in [6.45, 7) is 6.48. The molecule has 7 heteroatoms. The third-order valence-corrected chi connectivity index (χ3v) is 6.07. The van der Waals surface area contributed by atoms with Crippen LogP contribution in [0.15, 0.2) is 47.3 Å². The van der Waals surface area contributed by atoms with Gasteiger partial charge in [-0.2, -0.15) is 5.26 Å². The summed E-state index contributed by atoms with van der Waals surface area (Å²) in [6.07, 6.45) is 0. The van der Waals surface area contributed by atoms with E-state index < -0.39 is 23.3 Å². The summed E-state index contributed by atoms with van der Waals surface area (Å²) in [5.41, 5.74) is 1.55. The van der Waals surface area contributed by atoms with Crippen molar-refractivity contribution in [2.24, 2.45) is 0 Å². The average molecular weight is 451 g/mol. The normalized spacial score (nSPS) is 11.6. The maximum atomic E-state index is 13.1. The molecule has 1 heterocycles. The molecule has 0 bridgehead atoms. The lowest BCUT2D eigenvalue weighted by atomic mass is 10.00. The van der Waals surface area contributed by atoms with Gasteiger partial charge in [-0.3, -0.25) is 14.2 Å². The van der Waals surface area contributed by atoms with E-state index in [9.17, 15) is 20.0 Å². The van der Waals surface area contributed by atoms with E-state index in [0.717, 1.165) is 21.3 Å². The molecule has 1 unspecified atom stereocenters. The lowest BCUT2D eigenvalue weighted by molar-refractivity contribution is 0.0916. The Labute approximate surface area is 191 Å². The Balaban J connectivity index is 2.03. The predicted octanol–water partition coefficient (Wildman–Crippen LogP) is 4.88. The molecule has 0 aliphatic carbocycles. The van der Waals surface area contributed by atoms with E-state index in [2.05, 4.69) is 0 Å². The van der Waals surface area contributed by atoms with Crippen LogP contribution in [0.1, 0.15) is 51.1 Å². The summed E-state index contributed by atoms with van der Waals surface area (Å²) >= 11 is 6.18. The van der Waals surface area contributed by atoms with Gasteiger partial charge in [-0.1, -0.05) is 41.9 Å². The second-order valence-electron chi connectivity index (χ2n) is 7.66. The van der Waals surface area contributed by atoms with Crippen molar-refractivity contribution in [3.63, 3.8) is 0 Å². The topological polar surface area (TPSA) is 92.3 Å². The number of nitrogens with zero attached hydrogens (tertiary/aromatic N) is 2. The molecule has 0 fully saturated rings. The summed E-state index contributed by atoms with van der Waals surface area (Å²) < 4.78 is 6.72. The number of pyridine rings is 1. The lowest BCUT2D eigenvalue weighted by Crippen LogP contribution is -2.30. The van der Waals surface area contributed by atoms with Crippen LogP contribution in [0.25, 0.3) is 0 Å². The Bertz CT molecular complexity index is 1270. The molecular weight excluding hydrogens is 428 g/mol. The highest BCUT2D eigenvalue weighted by Crippen LogP contribution is 2.29. The van der Waals surface area contributed by atoms with Gasteiger partial charge >= 0.3 is 0 Å². The number of ketones is 1. The third kappa shape index (κ3) is 4.25. The lowest BCUT2D eigenvalue weighted by Gasteiger charge is -2.21. The number of ether oxygens (including phenoxy) is 1. The number of benzene rings is 2. The van der Waals surface area contributed by atoms with Crippen molar-refractivity contribution in [1.29, 1.82) is 5.26 Å². The van der Waals surface area contributed by atoms with Gasteiger partial charge < -0.3 is 9.84 Å². The van der Waals surface area contributed by atoms with Crippen molar-refractivity contribution < 1.29 is 14.6 Å². The van der Waals surface area contributed by atoms with Crippen LogP contribution in [-0.4, -0.2) is 22.1 Å². The van der Waals surface area contributed by atoms with E-state index in [4.69, 9.17) is 16.3 Å². The molecular formula is C25H23ClN2O4. The SMILES string of the molecule is Cc1cc(OCC(=O)c2c(C)c(C#N)c(=O)n(C(C)c3ccccc3)c2O)cc(C)c1Cl. The van der Waals surface area contributed by atoms with Crippen LogP contribution in [0.3, 0.4) is 0 Å². The van der Waals surface area contributed by atoms with Gasteiger partial charge in [0.2, 0.25) is 11.7 Å². The van der Waals surface area contributed by atoms with Gasteiger partial charge in [0.1, 0.15) is 17.4 Å². The fourth-order valence-corrected chi connectivity index (χ4v) is 3.82. The summed E-state index contributed by atoms with van der Waals surface area (Å²) in [5.74, 6) is -0.572. The highest BCUT2D eigenvalue weighted by Gasteiger charge is 2.27. The Hall–Kier alpha value is -3.56. The van der Waals surface area contributed by atoms with Gasteiger partial charge in [-0.15, -0.1) is 0 Å². The standard InChI is InChI=1S/C25H23ClN2O4/c1-14-10-19(11-15(2)23(14)26)32-13-21(29)22-16(3)20(12-27)24(30)28(25(22)31)17(4)18-8-6-5-7-9-18/h5-11,17,31H,13H2,1-4H3. The van der Waals surface area contributed by atoms with Gasteiger partial charge in [-0.05, 0) is 62.1 Å². The molecule has 0 saturated heterocycles. The summed E-state index contributed by atoms with van der Waals surface area (Å²) in [4.78, 5) is 26.0. The predicted molar refractivity (Wildman–Crippen MR) is 123 cm³/mol. The minimum atomic E-state index is -0.653. The highest BCUT2D eigenvalue weighted by molar-refractivity contribution is 6.32. The Kier molecular flexibility index (Phi) is 6.71. The fourth-order valence-electron chi connectivity index (χ4n) is 3.71. The first-order valence-corrected chi connectivity index (χ1v) is 10.4. The number of nitriles is 1. The van der Waals surface area contributed by atoms with E-state index in [1.54, 1.807) is 31.2 Å². The van der Waals surface area contributed by atoms with Gasteiger partial charge in [-0.25, -0.2) is 0 Å². The molecule has 0 aliphatic heterocycles. The van der Waals surface area contributed by atoms with Crippen molar-refractivity contribution in [3.8, 4) is 17.7 Å². The minimum Gasteiger partial charge on any atom is -0.494 e. The highest BCUT2D eigenvalue weighted by atomic mass is 35.5. The fraction of sp³-hybridized carbons (Fsp3) is 0.240. The van der Waals surface area contributed by atoms with Crippen molar-refractivity contribution in [3.05, 3.63) is 91.2 Å². The summed E-state index contributed by atoms with van der Waals surface area (Å²) in [5, 5.41) is 21.1. The summed E-state index contributed by atoms with van der Waals surface area (Å²) in [6, 6.07) is 13.8. The Morgan fingerprint density at radius 3 is 2.34 bits per heavy atom. The minimum absolute atomic E-state index is 0.105. The molecule has 3 aromatic rings. The van der Waals surface area contributed by atoms with Crippen molar-refractivity contribution >= 4 is 17.4 Å². The van der Waals surface area contributed by atoms with E-state index in [1.165, 1.54) is 6.92 Å². The Morgan fingerprint density at radius 1 is 1.19 bits per heavy atom. The second-order valence-corrected chi connectivity index (χ2v) is 8.03. The zero-order valence-corrected chi connectivity index (χ0v) is 19.0. The quantitative estimate of drug-likeness (QED) is 0.540. The number of aromatic nitrogens is 1. The van der Waals surface area contributed by atoms with Gasteiger partial charge in [0.05, 0.1) is 11.6 Å². The van der Waals surface area contributed by atoms with Crippen LogP contribution < -0.4 is 10.3 Å².